The van der Waals surface area contributed by atoms with Crippen LogP contribution in [-0.4, -0.2) is 27.5 Å². The number of para-hydroxylation sites is 1. The molecule has 2 aromatic carbocycles. The Morgan fingerprint density at radius 2 is 1.96 bits per heavy atom. The maximum atomic E-state index is 12.6. The lowest BCUT2D eigenvalue weighted by Gasteiger charge is -2.08. The van der Waals surface area contributed by atoms with Crippen LogP contribution in [0, 0.1) is 0 Å². The molecule has 0 saturated heterocycles. The Bertz CT molecular complexity index is 897. The Balaban J connectivity index is 1.84. The Hall–Kier alpha value is -3.29. The summed E-state index contributed by atoms with van der Waals surface area (Å²) in [5, 5.41) is 10.7. The van der Waals surface area contributed by atoms with Gasteiger partial charge < -0.3 is 10.1 Å². The molecule has 0 fully saturated rings. The fourth-order valence-corrected chi connectivity index (χ4v) is 2.51. The molecule has 0 aliphatic carbocycles. The summed E-state index contributed by atoms with van der Waals surface area (Å²) >= 11 is 0. The minimum atomic E-state index is -2.93. The molecule has 1 N–H and O–H groups in total. The molecule has 0 spiro atoms. The predicted octanol–water partition coefficient (Wildman–Crippen LogP) is 3.68. The zero-order chi connectivity index (χ0) is 18.5. The summed E-state index contributed by atoms with van der Waals surface area (Å²) in [6, 6.07) is 15.1. The number of aromatic nitrogens is 3. The van der Waals surface area contributed by atoms with Crippen molar-refractivity contribution in [2.24, 2.45) is 0 Å². The molecule has 26 heavy (non-hydrogen) atoms. The molecular formula is C18H16F2N4O2. The fraction of sp³-hybridized carbons (Fsp3) is 0.167. The van der Waals surface area contributed by atoms with Crippen LogP contribution in [0.5, 0.6) is 5.75 Å². The van der Waals surface area contributed by atoms with Crippen molar-refractivity contribution in [2.75, 3.05) is 5.32 Å². The maximum Gasteiger partial charge on any atom is 0.387 e. The third-order valence-corrected chi connectivity index (χ3v) is 3.63. The molecule has 0 aliphatic heterocycles. The van der Waals surface area contributed by atoms with Crippen molar-refractivity contribution < 1.29 is 18.3 Å². The van der Waals surface area contributed by atoms with Crippen molar-refractivity contribution in [3.63, 3.8) is 0 Å². The number of ether oxygens (including phenoxy) is 1. The molecule has 0 radical (unpaired) electrons. The largest absolute Gasteiger partial charge is 0.435 e. The highest BCUT2D eigenvalue weighted by molar-refractivity contribution is 6.03. The fourth-order valence-electron chi connectivity index (χ4n) is 2.51. The van der Waals surface area contributed by atoms with E-state index in [9.17, 15) is 13.6 Å². The van der Waals surface area contributed by atoms with Crippen LogP contribution < -0.4 is 10.1 Å². The summed E-state index contributed by atoms with van der Waals surface area (Å²) in [6.45, 7) is -1.04. The highest BCUT2D eigenvalue weighted by Gasteiger charge is 2.19. The molecule has 0 atom stereocenters. The first-order chi connectivity index (χ1) is 12.6. The van der Waals surface area contributed by atoms with Crippen LogP contribution >= 0.6 is 0 Å². The number of halogens is 2. The average molecular weight is 358 g/mol. The molecular weight excluding hydrogens is 342 g/mol. The number of hydrogen-bond acceptors (Lipinski definition) is 4. The summed E-state index contributed by atoms with van der Waals surface area (Å²) in [6.07, 6.45) is 0.541. The number of nitrogens with one attached hydrogen (secondary N) is 1. The van der Waals surface area contributed by atoms with Gasteiger partial charge in [-0.3, -0.25) is 4.79 Å². The second-order valence-corrected chi connectivity index (χ2v) is 5.35. The van der Waals surface area contributed by atoms with Crippen LogP contribution in [-0.2, 0) is 6.42 Å². The smallest absolute Gasteiger partial charge is 0.387 e. The van der Waals surface area contributed by atoms with E-state index in [4.69, 9.17) is 0 Å². The first-order valence-corrected chi connectivity index (χ1v) is 7.94. The molecule has 0 unspecified atom stereocenters. The van der Waals surface area contributed by atoms with Crippen LogP contribution in [0.4, 0.5) is 14.5 Å². The van der Waals surface area contributed by atoms with Crippen molar-refractivity contribution in [1.29, 1.82) is 0 Å². The van der Waals surface area contributed by atoms with Gasteiger partial charge in [-0.05, 0) is 30.7 Å². The first kappa shape index (κ1) is 17.5. The molecule has 1 heterocycles. The van der Waals surface area contributed by atoms with Crippen LogP contribution in [0.15, 0.2) is 54.6 Å². The molecule has 134 valence electrons. The average Bonchev–Trinajstić information content (AvgIpc) is 3.06. The van der Waals surface area contributed by atoms with Crippen LogP contribution in [0.1, 0.15) is 23.1 Å². The maximum absolute atomic E-state index is 12.6. The zero-order valence-electron chi connectivity index (χ0n) is 13.9. The standard InChI is InChI=1S/C18H16F2N4O2/c1-2-15-16(22-23-24(15)13-8-4-3-5-9-13)17(25)21-12-7-6-10-14(11-12)26-18(19)20/h3-11,18H,2H2,1H3,(H,21,25). The molecule has 1 amide bonds. The van der Waals surface area contributed by atoms with Crippen LogP contribution in [0.3, 0.4) is 0 Å². The van der Waals surface area contributed by atoms with Gasteiger partial charge in [0.25, 0.3) is 5.91 Å². The molecule has 3 aromatic rings. The number of amides is 1. The first-order valence-electron chi connectivity index (χ1n) is 7.94. The normalized spacial score (nSPS) is 10.8. The van der Waals surface area contributed by atoms with E-state index in [0.717, 1.165) is 5.69 Å². The number of carbonyl (C=O) groups is 1. The lowest BCUT2D eigenvalue weighted by molar-refractivity contribution is -0.0497. The summed E-state index contributed by atoms with van der Waals surface area (Å²) in [5.41, 5.74) is 1.94. The minimum Gasteiger partial charge on any atom is -0.435 e. The number of carbonyl (C=O) groups excluding carboxylic acids is 1. The minimum absolute atomic E-state index is 0.0403. The number of rotatable bonds is 6. The monoisotopic (exact) mass is 358 g/mol. The van der Waals surface area contributed by atoms with Crippen molar-refractivity contribution in [2.45, 2.75) is 20.0 Å². The van der Waals surface area contributed by atoms with E-state index < -0.39 is 12.5 Å². The van der Waals surface area contributed by atoms with Gasteiger partial charge in [0.15, 0.2) is 5.69 Å². The highest BCUT2D eigenvalue weighted by atomic mass is 19.3. The summed E-state index contributed by atoms with van der Waals surface area (Å²) in [7, 11) is 0. The van der Waals surface area contributed by atoms with Crippen molar-refractivity contribution >= 4 is 11.6 Å². The topological polar surface area (TPSA) is 69.0 Å². The summed E-state index contributed by atoms with van der Waals surface area (Å²) < 4.78 is 30.6. The van der Waals surface area contributed by atoms with Gasteiger partial charge in [-0.1, -0.05) is 36.4 Å². The number of hydrogen-bond donors (Lipinski definition) is 1. The third-order valence-electron chi connectivity index (χ3n) is 3.63. The molecule has 0 bridgehead atoms. The lowest BCUT2D eigenvalue weighted by atomic mass is 10.2. The second-order valence-electron chi connectivity index (χ2n) is 5.35. The predicted molar refractivity (Wildman–Crippen MR) is 91.8 cm³/mol. The van der Waals surface area contributed by atoms with Gasteiger partial charge in [0, 0.05) is 11.8 Å². The molecule has 3 rings (SSSR count). The van der Waals surface area contributed by atoms with Crippen molar-refractivity contribution in [3.8, 4) is 11.4 Å². The molecule has 0 saturated carbocycles. The summed E-state index contributed by atoms with van der Waals surface area (Å²) in [4.78, 5) is 12.6. The van der Waals surface area contributed by atoms with Gasteiger partial charge in [0.05, 0.1) is 11.4 Å². The van der Waals surface area contributed by atoms with E-state index in [-0.39, 0.29) is 11.4 Å². The van der Waals surface area contributed by atoms with Crippen LogP contribution in [0.2, 0.25) is 0 Å². The van der Waals surface area contributed by atoms with Crippen LogP contribution in [0.25, 0.3) is 5.69 Å². The van der Waals surface area contributed by atoms with Gasteiger partial charge in [0.2, 0.25) is 0 Å². The van der Waals surface area contributed by atoms with Gasteiger partial charge in [-0.25, -0.2) is 4.68 Å². The van der Waals surface area contributed by atoms with E-state index in [0.29, 0.717) is 17.8 Å². The number of benzene rings is 2. The Morgan fingerprint density at radius 1 is 1.19 bits per heavy atom. The number of anilines is 1. The van der Waals surface area contributed by atoms with Gasteiger partial charge >= 0.3 is 6.61 Å². The van der Waals surface area contributed by atoms with E-state index in [1.807, 2.05) is 37.3 Å². The Labute approximate surface area is 148 Å². The lowest BCUT2D eigenvalue weighted by Crippen LogP contribution is -2.15. The van der Waals surface area contributed by atoms with Crippen molar-refractivity contribution in [3.05, 3.63) is 66.0 Å². The van der Waals surface area contributed by atoms with E-state index in [1.54, 1.807) is 10.7 Å². The highest BCUT2D eigenvalue weighted by Crippen LogP contribution is 2.21. The second kappa shape index (κ2) is 7.73. The van der Waals surface area contributed by atoms with E-state index in [2.05, 4.69) is 20.4 Å². The molecule has 1 aromatic heterocycles. The van der Waals surface area contributed by atoms with Gasteiger partial charge in [0.1, 0.15) is 5.75 Å². The summed E-state index contributed by atoms with van der Waals surface area (Å²) in [5.74, 6) is -0.514. The molecule has 8 heteroatoms. The number of alkyl halides is 2. The zero-order valence-corrected chi connectivity index (χ0v) is 13.9. The van der Waals surface area contributed by atoms with Gasteiger partial charge in [-0.15, -0.1) is 5.10 Å². The Morgan fingerprint density at radius 3 is 2.65 bits per heavy atom. The molecule has 6 nitrogen and oxygen atoms in total. The van der Waals surface area contributed by atoms with E-state index in [1.165, 1.54) is 18.2 Å². The van der Waals surface area contributed by atoms with Gasteiger partial charge in [-0.2, -0.15) is 8.78 Å². The molecule has 0 aliphatic rings. The number of nitrogens with zero attached hydrogens (tertiary/aromatic N) is 3. The SMILES string of the molecule is CCc1c(C(=O)Nc2cccc(OC(F)F)c2)nnn1-c1ccccc1. The third kappa shape index (κ3) is 3.85. The Kier molecular flexibility index (Phi) is 5.21. The van der Waals surface area contributed by atoms with E-state index >= 15 is 0 Å². The quantitative estimate of drug-likeness (QED) is 0.730. The van der Waals surface area contributed by atoms with Crippen molar-refractivity contribution in [1.82, 2.24) is 15.0 Å².